The van der Waals surface area contributed by atoms with Gasteiger partial charge in [-0.25, -0.2) is 4.98 Å². The molecule has 1 aromatic rings. The highest BCUT2D eigenvalue weighted by Crippen LogP contribution is 2.19. The van der Waals surface area contributed by atoms with E-state index in [1.807, 2.05) is 19.9 Å². The second kappa shape index (κ2) is 3.22. The van der Waals surface area contributed by atoms with Crippen molar-refractivity contribution in [1.29, 1.82) is 0 Å². The summed E-state index contributed by atoms with van der Waals surface area (Å²) in [6.45, 7) is 4.03. The summed E-state index contributed by atoms with van der Waals surface area (Å²) in [6, 6.07) is 1.93. The van der Waals surface area contributed by atoms with E-state index in [0.29, 0.717) is 0 Å². The molecule has 0 spiro atoms. The van der Waals surface area contributed by atoms with Crippen LogP contribution >= 0.6 is 15.9 Å². The van der Waals surface area contributed by atoms with Gasteiger partial charge in [0.15, 0.2) is 0 Å². The lowest BCUT2D eigenvalue weighted by Crippen LogP contribution is -1.99. The Balaban J connectivity index is 3.24. The molecule has 0 saturated heterocycles. The fourth-order valence-corrected chi connectivity index (χ4v) is 1.53. The van der Waals surface area contributed by atoms with E-state index in [1.54, 1.807) is 0 Å². The molecule has 0 fully saturated rings. The van der Waals surface area contributed by atoms with Crippen molar-refractivity contribution in [2.24, 2.45) is 0 Å². The Kier molecular flexibility index (Phi) is 2.49. The van der Waals surface area contributed by atoms with Crippen molar-refractivity contribution in [2.45, 2.75) is 20.3 Å². The van der Waals surface area contributed by atoms with Crippen LogP contribution in [0, 0.1) is 6.92 Å². The summed E-state index contributed by atoms with van der Waals surface area (Å²) in [5, 5.41) is 0. The van der Waals surface area contributed by atoms with Crippen molar-refractivity contribution < 1.29 is 0 Å². The van der Waals surface area contributed by atoms with Crippen LogP contribution in [0.5, 0.6) is 0 Å². The maximum absolute atomic E-state index is 5.78. The molecule has 11 heavy (non-hydrogen) atoms. The van der Waals surface area contributed by atoms with Crippen LogP contribution in [0.2, 0.25) is 0 Å². The Morgan fingerprint density at radius 3 is 2.82 bits per heavy atom. The number of halogens is 1. The number of aromatic nitrogens is 1. The van der Waals surface area contributed by atoms with Gasteiger partial charge >= 0.3 is 0 Å². The van der Waals surface area contributed by atoms with Gasteiger partial charge in [0, 0.05) is 0 Å². The number of aryl methyl sites for hydroxylation is 2. The van der Waals surface area contributed by atoms with Crippen molar-refractivity contribution in [1.82, 2.24) is 4.98 Å². The molecule has 0 aliphatic rings. The van der Waals surface area contributed by atoms with Gasteiger partial charge in [-0.1, -0.05) is 6.92 Å². The van der Waals surface area contributed by atoms with Gasteiger partial charge in [0.05, 0.1) is 11.4 Å². The number of nitrogen functional groups attached to an aromatic ring is 1. The highest BCUT2D eigenvalue weighted by Gasteiger charge is 2.02. The van der Waals surface area contributed by atoms with Crippen LogP contribution in [0.1, 0.15) is 18.2 Å². The molecule has 0 aromatic carbocycles. The molecule has 0 aliphatic heterocycles. The molecule has 0 bridgehead atoms. The minimum absolute atomic E-state index is 0.815. The Bertz CT molecular complexity index is 271. The molecule has 3 heteroatoms. The van der Waals surface area contributed by atoms with Crippen LogP contribution in [-0.4, -0.2) is 4.98 Å². The van der Waals surface area contributed by atoms with E-state index in [-0.39, 0.29) is 0 Å². The third-order valence-corrected chi connectivity index (χ3v) is 2.05. The van der Waals surface area contributed by atoms with Gasteiger partial charge in [-0.05, 0) is 40.9 Å². The first-order chi connectivity index (χ1) is 5.15. The van der Waals surface area contributed by atoms with E-state index in [1.165, 1.54) is 0 Å². The maximum Gasteiger partial charge on any atom is 0.106 e. The van der Waals surface area contributed by atoms with Crippen molar-refractivity contribution in [3.8, 4) is 0 Å². The zero-order valence-corrected chi connectivity index (χ0v) is 8.27. The fraction of sp³-hybridized carbons (Fsp3) is 0.375. The molecule has 0 amide bonds. The molecule has 1 rings (SSSR count). The second-order valence-electron chi connectivity index (χ2n) is 2.48. The average Bonchev–Trinajstić information content (AvgIpc) is 1.96. The molecule has 60 valence electrons. The summed E-state index contributed by atoms with van der Waals surface area (Å²) < 4.78 is 0.862. The molecule has 0 atom stereocenters. The van der Waals surface area contributed by atoms with E-state index >= 15 is 0 Å². The van der Waals surface area contributed by atoms with Gasteiger partial charge in [-0.2, -0.15) is 0 Å². The lowest BCUT2D eigenvalue weighted by molar-refractivity contribution is 1.02. The molecule has 1 heterocycles. The van der Waals surface area contributed by atoms with Crippen LogP contribution in [0.25, 0.3) is 0 Å². The maximum atomic E-state index is 5.78. The van der Waals surface area contributed by atoms with Gasteiger partial charge in [-0.15, -0.1) is 0 Å². The molecular formula is C8H11BrN2. The van der Waals surface area contributed by atoms with Crippen molar-refractivity contribution in [3.63, 3.8) is 0 Å². The van der Waals surface area contributed by atoms with E-state index in [2.05, 4.69) is 20.9 Å². The SMILES string of the molecule is CCc1nc(Br)cc(C)c1N. The predicted molar refractivity (Wildman–Crippen MR) is 50.5 cm³/mol. The van der Waals surface area contributed by atoms with Gasteiger partial charge in [0.25, 0.3) is 0 Å². The van der Waals surface area contributed by atoms with Crippen LogP contribution in [0.4, 0.5) is 5.69 Å². The molecule has 2 N–H and O–H groups in total. The molecule has 0 saturated carbocycles. The van der Waals surface area contributed by atoms with Gasteiger partial charge in [0.1, 0.15) is 4.60 Å². The number of hydrogen-bond acceptors (Lipinski definition) is 2. The zero-order chi connectivity index (χ0) is 8.43. The fourth-order valence-electron chi connectivity index (χ4n) is 0.975. The Morgan fingerprint density at radius 1 is 1.64 bits per heavy atom. The van der Waals surface area contributed by atoms with E-state index in [9.17, 15) is 0 Å². The quantitative estimate of drug-likeness (QED) is 0.730. The summed E-state index contributed by atoms with van der Waals surface area (Å²) in [5.74, 6) is 0. The topological polar surface area (TPSA) is 38.9 Å². The van der Waals surface area contributed by atoms with Crippen LogP contribution in [0.3, 0.4) is 0 Å². The first-order valence-electron chi connectivity index (χ1n) is 3.56. The predicted octanol–water partition coefficient (Wildman–Crippen LogP) is 2.30. The summed E-state index contributed by atoms with van der Waals surface area (Å²) >= 11 is 3.32. The minimum Gasteiger partial charge on any atom is -0.397 e. The number of nitrogens with zero attached hydrogens (tertiary/aromatic N) is 1. The summed E-state index contributed by atoms with van der Waals surface area (Å²) in [7, 11) is 0. The average molecular weight is 215 g/mol. The third kappa shape index (κ3) is 1.71. The lowest BCUT2D eigenvalue weighted by Gasteiger charge is -2.05. The van der Waals surface area contributed by atoms with Crippen LogP contribution in [0.15, 0.2) is 10.7 Å². The number of anilines is 1. The van der Waals surface area contributed by atoms with Crippen LogP contribution < -0.4 is 5.73 Å². The van der Waals surface area contributed by atoms with E-state index in [4.69, 9.17) is 5.73 Å². The first-order valence-corrected chi connectivity index (χ1v) is 4.36. The van der Waals surface area contributed by atoms with Gasteiger partial charge < -0.3 is 5.73 Å². The van der Waals surface area contributed by atoms with Crippen LogP contribution in [-0.2, 0) is 6.42 Å². The van der Waals surface area contributed by atoms with Gasteiger partial charge in [-0.3, -0.25) is 0 Å². The van der Waals surface area contributed by atoms with Crippen molar-refractivity contribution in [3.05, 3.63) is 21.9 Å². The highest BCUT2D eigenvalue weighted by atomic mass is 79.9. The Labute approximate surface area is 75.0 Å². The van der Waals surface area contributed by atoms with Gasteiger partial charge in [0.2, 0.25) is 0 Å². The molecule has 2 nitrogen and oxygen atoms in total. The van der Waals surface area contributed by atoms with Crippen molar-refractivity contribution >= 4 is 21.6 Å². The molecule has 0 aliphatic carbocycles. The standard InChI is InChI=1S/C8H11BrN2/c1-3-6-8(10)5(2)4-7(9)11-6/h4H,3,10H2,1-2H3. The molecule has 1 aromatic heterocycles. The highest BCUT2D eigenvalue weighted by molar-refractivity contribution is 9.10. The Hall–Kier alpha value is -0.570. The summed E-state index contributed by atoms with van der Waals surface area (Å²) in [5.41, 5.74) is 8.65. The first kappa shape index (κ1) is 8.53. The number of rotatable bonds is 1. The van der Waals surface area contributed by atoms with E-state index in [0.717, 1.165) is 28.0 Å². The smallest absolute Gasteiger partial charge is 0.106 e. The number of hydrogen-bond donors (Lipinski definition) is 1. The largest absolute Gasteiger partial charge is 0.397 e. The van der Waals surface area contributed by atoms with E-state index < -0.39 is 0 Å². The normalized spacial score (nSPS) is 10.1. The molecular weight excluding hydrogens is 204 g/mol. The van der Waals surface area contributed by atoms with Crippen molar-refractivity contribution in [2.75, 3.05) is 5.73 Å². The second-order valence-corrected chi connectivity index (χ2v) is 3.29. The Morgan fingerprint density at radius 2 is 2.27 bits per heavy atom. The molecule has 0 radical (unpaired) electrons. The minimum atomic E-state index is 0.815. The zero-order valence-electron chi connectivity index (χ0n) is 6.69. The third-order valence-electron chi connectivity index (χ3n) is 1.65. The number of pyridine rings is 1. The number of nitrogens with two attached hydrogens (primary N) is 1. The lowest BCUT2D eigenvalue weighted by atomic mass is 10.2. The molecule has 0 unspecified atom stereocenters. The summed E-state index contributed by atoms with van der Waals surface area (Å²) in [4.78, 5) is 4.24. The summed E-state index contributed by atoms with van der Waals surface area (Å²) in [6.07, 6.45) is 0.881. The monoisotopic (exact) mass is 214 g/mol.